The molecule has 0 aliphatic heterocycles. The van der Waals surface area contributed by atoms with Gasteiger partial charge in [-0.3, -0.25) is 0 Å². The van der Waals surface area contributed by atoms with Crippen LogP contribution in [-0.4, -0.2) is 40.1 Å². The monoisotopic (exact) mass is 264 g/mol. The normalized spacial score (nSPS) is 11.4. The number of pyridine rings is 1. The second kappa shape index (κ2) is 5.92. The summed E-state index contributed by atoms with van der Waals surface area (Å²) in [4.78, 5) is 4.21. The van der Waals surface area contributed by atoms with Crippen LogP contribution in [0.3, 0.4) is 0 Å². The van der Waals surface area contributed by atoms with E-state index in [2.05, 4.69) is 4.98 Å². The zero-order chi connectivity index (χ0) is 13.8. The first-order valence-electron chi connectivity index (χ1n) is 6.05. The summed E-state index contributed by atoms with van der Waals surface area (Å²) >= 11 is 0. The Bertz CT molecular complexity index is 570. The lowest BCUT2D eigenvalue weighted by atomic mass is 10.0. The van der Waals surface area contributed by atoms with Gasteiger partial charge in [-0.2, -0.15) is 0 Å². The van der Waals surface area contributed by atoms with Gasteiger partial charge < -0.3 is 20.4 Å². The first-order chi connectivity index (χ1) is 9.22. The zero-order valence-corrected chi connectivity index (χ0v) is 10.4. The van der Waals surface area contributed by atoms with E-state index in [0.29, 0.717) is 11.3 Å². The van der Waals surface area contributed by atoms with Gasteiger partial charge in [-0.25, -0.2) is 4.40 Å². The Balaban J connectivity index is 2.69. The molecule has 0 amide bonds. The average molecular weight is 264 g/mol. The molecule has 0 aliphatic carbocycles. The van der Waals surface area contributed by atoms with Crippen molar-refractivity contribution in [2.75, 3.05) is 19.8 Å². The number of nitrogens with zero attached hydrogens (tertiary/aromatic N) is 2. The van der Waals surface area contributed by atoms with Gasteiger partial charge in [0.1, 0.15) is 5.69 Å². The van der Waals surface area contributed by atoms with Gasteiger partial charge in [0, 0.05) is 12.5 Å². The summed E-state index contributed by atoms with van der Waals surface area (Å²) in [5.41, 5.74) is 1.09. The molecule has 2 heterocycles. The topological polar surface area (TPSA) is 101 Å². The van der Waals surface area contributed by atoms with Crippen LogP contribution in [0, 0.1) is 0 Å². The van der Waals surface area contributed by atoms with Crippen LogP contribution in [0.2, 0.25) is 0 Å². The molecule has 0 spiro atoms. The van der Waals surface area contributed by atoms with Crippen LogP contribution in [0.1, 0.15) is 17.3 Å². The van der Waals surface area contributed by atoms with Gasteiger partial charge in [0.2, 0.25) is 0 Å². The Kier molecular flexibility index (Phi) is 4.26. The number of aromatic nitrogens is 2. The van der Waals surface area contributed by atoms with Crippen molar-refractivity contribution in [2.24, 2.45) is 0 Å². The Hall–Kier alpha value is -1.76. The molecule has 6 heteroatoms. The number of rotatable bonds is 5. The summed E-state index contributed by atoms with van der Waals surface area (Å²) in [7, 11) is 0. The Morgan fingerprint density at radius 1 is 1.21 bits per heavy atom. The van der Waals surface area contributed by atoms with Crippen LogP contribution in [0.15, 0.2) is 24.4 Å². The van der Waals surface area contributed by atoms with Crippen molar-refractivity contribution in [3.05, 3.63) is 35.8 Å². The Morgan fingerprint density at radius 2 is 1.95 bits per heavy atom. The molecule has 0 atom stereocenters. The average Bonchev–Trinajstić information content (AvgIpc) is 2.44. The van der Waals surface area contributed by atoms with Crippen LogP contribution in [-0.2, 0) is 6.42 Å². The third kappa shape index (κ3) is 2.51. The molecule has 3 N–H and O–H groups in total. The maximum Gasteiger partial charge on any atom is 0.328 e. The van der Waals surface area contributed by atoms with E-state index >= 15 is 0 Å². The third-order valence-electron chi connectivity index (χ3n) is 3.03. The van der Waals surface area contributed by atoms with Crippen molar-refractivity contribution in [3.8, 4) is 5.75 Å². The van der Waals surface area contributed by atoms with Crippen molar-refractivity contribution in [1.82, 2.24) is 4.98 Å². The lowest BCUT2D eigenvalue weighted by Crippen LogP contribution is -2.33. The highest BCUT2D eigenvalue weighted by molar-refractivity contribution is 5.39. The molecule has 19 heavy (non-hydrogen) atoms. The zero-order valence-electron chi connectivity index (χ0n) is 10.4. The van der Waals surface area contributed by atoms with Crippen LogP contribution in [0.25, 0.3) is 5.65 Å². The fourth-order valence-electron chi connectivity index (χ4n) is 2.03. The van der Waals surface area contributed by atoms with E-state index < -0.39 is 5.92 Å². The summed E-state index contributed by atoms with van der Waals surface area (Å²) in [5, 5.41) is 39.8. The van der Waals surface area contributed by atoms with Gasteiger partial charge in [-0.1, -0.05) is 6.07 Å². The molecule has 0 saturated heterocycles. The smallest absolute Gasteiger partial charge is 0.328 e. The van der Waals surface area contributed by atoms with Gasteiger partial charge in [0.25, 0.3) is 0 Å². The minimum absolute atomic E-state index is 0.139. The maximum atomic E-state index is 12.3. The van der Waals surface area contributed by atoms with E-state index in [4.69, 9.17) is 5.11 Å². The second-order valence-electron chi connectivity index (χ2n) is 4.24. The van der Waals surface area contributed by atoms with E-state index in [0.717, 1.165) is 0 Å². The molecule has 0 bridgehead atoms. The standard InChI is InChI=1S/C13H16N2O4/c16-6-4-10-13(19)12(9(7-17)8-18)14-11-3-1-2-5-15(10)11/h1-3,5,9,16-18H,4,6-8H2. The number of aliphatic hydroxyl groups is 3. The van der Waals surface area contributed by atoms with Crippen molar-refractivity contribution >= 4 is 5.65 Å². The highest BCUT2D eigenvalue weighted by Crippen LogP contribution is 2.23. The first-order valence-corrected chi connectivity index (χ1v) is 6.05. The highest BCUT2D eigenvalue weighted by Gasteiger charge is 2.22. The van der Waals surface area contributed by atoms with Gasteiger partial charge in [-0.05, 0) is 16.8 Å². The molecule has 2 aromatic rings. The van der Waals surface area contributed by atoms with E-state index in [1.165, 1.54) is 0 Å². The minimum atomic E-state index is -0.699. The van der Waals surface area contributed by atoms with Gasteiger partial charge in [-0.15, -0.1) is 0 Å². The van der Waals surface area contributed by atoms with Crippen LogP contribution < -0.4 is 9.51 Å². The summed E-state index contributed by atoms with van der Waals surface area (Å²) in [6, 6.07) is 5.28. The molecule has 2 aromatic heterocycles. The molecule has 0 aliphatic rings. The van der Waals surface area contributed by atoms with E-state index in [1.54, 1.807) is 28.8 Å². The predicted octanol–water partition coefficient (Wildman–Crippen LogP) is -1.50. The molecule has 102 valence electrons. The number of aliphatic hydroxyl groups excluding tert-OH is 3. The molecular formula is C13H16N2O4. The molecule has 0 saturated carbocycles. The van der Waals surface area contributed by atoms with Crippen LogP contribution >= 0.6 is 0 Å². The summed E-state index contributed by atoms with van der Waals surface area (Å²) in [5.74, 6) is -1.04. The van der Waals surface area contributed by atoms with Gasteiger partial charge in [0.15, 0.2) is 5.69 Å². The first kappa shape index (κ1) is 13.7. The lowest BCUT2D eigenvalue weighted by Gasteiger charge is -2.17. The third-order valence-corrected chi connectivity index (χ3v) is 3.03. The fraction of sp³-hybridized carbons (Fsp3) is 0.385. The fourth-order valence-corrected chi connectivity index (χ4v) is 2.03. The lowest BCUT2D eigenvalue weighted by molar-refractivity contribution is -0.530. The van der Waals surface area contributed by atoms with E-state index in [1.807, 2.05) is 0 Å². The number of hydrogen-bond acceptors (Lipinski definition) is 5. The van der Waals surface area contributed by atoms with E-state index in [9.17, 15) is 15.3 Å². The summed E-state index contributed by atoms with van der Waals surface area (Å²) in [6.07, 6.45) is 1.90. The van der Waals surface area contributed by atoms with Crippen molar-refractivity contribution in [1.29, 1.82) is 0 Å². The van der Waals surface area contributed by atoms with Crippen LogP contribution in [0.4, 0.5) is 0 Å². The van der Waals surface area contributed by atoms with Crippen molar-refractivity contribution in [3.63, 3.8) is 0 Å². The molecular weight excluding hydrogens is 248 g/mol. The predicted molar refractivity (Wildman–Crippen MR) is 64.5 cm³/mol. The highest BCUT2D eigenvalue weighted by atomic mass is 16.3. The quantitative estimate of drug-likeness (QED) is 0.570. The van der Waals surface area contributed by atoms with E-state index in [-0.39, 0.29) is 37.7 Å². The Labute approximate surface area is 110 Å². The number of fused-ring (bicyclic) bond motifs is 1. The minimum Gasteiger partial charge on any atom is -0.867 e. The van der Waals surface area contributed by atoms with Crippen molar-refractivity contribution in [2.45, 2.75) is 12.3 Å². The molecule has 0 unspecified atom stereocenters. The molecule has 2 rings (SSSR count). The Morgan fingerprint density at radius 3 is 2.58 bits per heavy atom. The molecule has 6 nitrogen and oxygen atoms in total. The largest absolute Gasteiger partial charge is 0.867 e. The molecule has 0 fully saturated rings. The second-order valence-corrected chi connectivity index (χ2v) is 4.24. The van der Waals surface area contributed by atoms with Crippen LogP contribution in [0.5, 0.6) is 5.75 Å². The number of hydrogen-bond donors (Lipinski definition) is 3. The van der Waals surface area contributed by atoms with Gasteiger partial charge >= 0.3 is 5.65 Å². The maximum absolute atomic E-state index is 12.3. The molecule has 0 radical (unpaired) electrons. The van der Waals surface area contributed by atoms with Crippen molar-refractivity contribution < 1.29 is 24.8 Å². The van der Waals surface area contributed by atoms with Gasteiger partial charge in [0.05, 0.1) is 31.9 Å². The SMILES string of the molecule is [O-]c1c(C(CO)CO)nc2cccc[n+]2c1CCO. The summed E-state index contributed by atoms with van der Waals surface area (Å²) < 4.78 is 1.62. The summed E-state index contributed by atoms with van der Waals surface area (Å²) in [6.45, 7) is -0.848. The molecule has 0 aromatic carbocycles.